The van der Waals surface area contributed by atoms with E-state index in [0.717, 1.165) is 43.3 Å². The molecule has 11 heteroatoms. The number of H-pyrrole nitrogens is 2. The van der Waals surface area contributed by atoms with Gasteiger partial charge in [0.15, 0.2) is 17.4 Å². The summed E-state index contributed by atoms with van der Waals surface area (Å²) < 4.78 is 21.5. The molecule has 4 heterocycles. The molecule has 2 fully saturated rings. The predicted molar refractivity (Wildman–Crippen MR) is 129 cm³/mol. The van der Waals surface area contributed by atoms with Crippen LogP contribution in [0, 0.1) is 5.82 Å². The average Bonchev–Trinajstić information content (AvgIpc) is 3.51. The lowest BCUT2D eigenvalue weighted by atomic mass is 10.1. The Morgan fingerprint density at radius 1 is 1.12 bits per heavy atom. The summed E-state index contributed by atoms with van der Waals surface area (Å²) in [7, 11) is 0. The first kappa shape index (κ1) is 22.9. The molecule has 9 nitrogen and oxygen atoms in total. The second kappa shape index (κ2) is 10.2. The maximum atomic E-state index is 14.7. The van der Waals surface area contributed by atoms with E-state index in [1.807, 2.05) is 0 Å². The highest BCUT2D eigenvalue weighted by Crippen LogP contribution is 2.32. The van der Waals surface area contributed by atoms with Crippen molar-refractivity contribution in [3.8, 4) is 17.3 Å². The maximum absolute atomic E-state index is 14.7. The van der Waals surface area contributed by atoms with E-state index in [4.69, 9.17) is 16.5 Å². The van der Waals surface area contributed by atoms with E-state index in [2.05, 4.69) is 25.1 Å². The van der Waals surface area contributed by atoms with Gasteiger partial charge in [0.25, 0.3) is 0 Å². The molecule has 5 rings (SSSR count). The number of likely N-dealkylation sites (tertiary alicyclic amines) is 2. The number of nitrogens with one attached hydrogen (secondary N) is 2. The summed E-state index contributed by atoms with van der Waals surface area (Å²) in [4.78, 5) is 24.6. The lowest BCUT2D eigenvalue weighted by Gasteiger charge is -2.29. The SMILES string of the molecule is O=C(N1CCCCC1)N(Cl)c1cn[nH]c1-c1nc2cc(OCCN3CCCCC3)c(F)cc2[nH]1. The van der Waals surface area contributed by atoms with Gasteiger partial charge in [-0.1, -0.05) is 6.42 Å². The van der Waals surface area contributed by atoms with Crippen LogP contribution in [0.1, 0.15) is 38.5 Å². The number of ether oxygens (including phenoxy) is 1. The Morgan fingerprint density at radius 3 is 2.62 bits per heavy atom. The molecule has 2 aliphatic heterocycles. The third-order valence-corrected chi connectivity index (χ3v) is 6.84. The number of halogens is 2. The molecular weight excluding hydrogens is 461 g/mol. The Balaban J connectivity index is 1.32. The van der Waals surface area contributed by atoms with Gasteiger partial charge in [-0.05, 0) is 45.2 Å². The summed E-state index contributed by atoms with van der Waals surface area (Å²) in [6.07, 6.45) is 8.20. The molecule has 2 aromatic heterocycles. The molecule has 1 aromatic carbocycles. The molecule has 0 radical (unpaired) electrons. The molecule has 2 amide bonds. The number of anilines is 1. The lowest BCUT2D eigenvalue weighted by molar-refractivity contribution is 0.180. The zero-order chi connectivity index (χ0) is 23.5. The Kier molecular flexibility index (Phi) is 6.87. The van der Waals surface area contributed by atoms with E-state index >= 15 is 0 Å². The second-order valence-corrected chi connectivity index (χ2v) is 9.22. The summed E-state index contributed by atoms with van der Waals surface area (Å²) in [5, 5.41) is 6.90. The second-order valence-electron chi connectivity index (χ2n) is 8.88. The standard InChI is InChI=1S/C23H29ClFN7O2/c24-32(23(33)31-9-5-2-6-10-31)19-15-26-29-21(19)22-27-17-13-16(25)20(14-18(17)28-22)34-12-11-30-7-3-1-4-8-30/h13-15H,1-12H2,(H,26,29)(H,27,28). The van der Waals surface area contributed by atoms with Crippen LogP contribution in [-0.2, 0) is 0 Å². The van der Waals surface area contributed by atoms with Gasteiger partial charge >= 0.3 is 6.03 Å². The number of aromatic amines is 2. The molecule has 0 saturated carbocycles. The van der Waals surface area contributed by atoms with Gasteiger partial charge in [-0.2, -0.15) is 9.52 Å². The van der Waals surface area contributed by atoms with E-state index in [9.17, 15) is 9.18 Å². The number of imidazole rings is 1. The van der Waals surface area contributed by atoms with Gasteiger partial charge < -0.3 is 14.6 Å². The molecule has 0 spiro atoms. The van der Waals surface area contributed by atoms with Crippen LogP contribution >= 0.6 is 11.8 Å². The number of fused-ring (bicyclic) bond motifs is 1. The maximum Gasteiger partial charge on any atom is 0.339 e. The normalized spacial score (nSPS) is 17.3. The highest BCUT2D eigenvalue weighted by atomic mass is 35.5. The van der Waals surface area contributed by atoms with E-state index in [1.165, 1.54) is 31.5 Å². The average molecular weight is 490 g/mol. The van der Waals surface area contributed by atoms with Crippen molar-refractivity contribution in [3.63, 3.8) is 0 Å². The molecule has 2 aliphatic rings. The Bertz CT molecular complexity index is 1140. The van der Waals surface area contributed by atoms with Crippen molar-refractivity contribution in [2.45, 2.75) is 38.5 Å². The number of urea groups is 1. The molecule has 2 N–H and O–H groups in total. The van der Waals surface area contributed by atoms with E-state index in [-0.39, 0.29) is 11.8 Å². The van der Waals surface area contributed by atoms with Crippen LogP contribution in [0.5, 0.6) is 5.75 Å². The molecule has 182 valence electrons. The number of benzene rings is 1. The zero-order valence-corrected chi connectivity index (χ0v) is 19.8. The van der Waals surface area contributed by atoms with Crippen LogP contribution in [0.15, 0.2) is 18.3 Å². The van der Waals surface area contributed by atoms with E-state index in [0.29, 0.717) is 47.9 Å². The minimum absolute atomic E-state index is 0.173. The molecule has 2 saturated heterocycles. The molecule has 0 atom stereocenters. The van der Waals surface area contributed by atoms with Gasteiger partial charge in [-0.25, -0.2) is 14.2 Å². The van der Waals surface area contributed by atoms with Gasteiger partial charge in [-0.3, -0.25) is 10.00 Å². The third-order valence-electron chi connectivity index (χ3n) is 6.51. The lowest BCUT2D eigenvalue weighted by Crippen LogP contribution is -2.41. The Hall–Kier alpha value is -2.85. The van der Waals surface area contributed by atoms with Crippen molar-refractivity contribution in [2.24, 2.45) is 0 Å². The number of aromatic nitrogens is 4. The van der Waals surface area contributed by atoms with Gasteiger partial charge in [-0.15, -0.1) is 0 Å². The van der Waals surface area contributed by atoms with Crippen LogP contribution < -0.4 is 9.16 Å². The topological polar surface area (TPSA) is 93.4 Å². The quantitative estimate of drug-likeness (QED) is 0.496. The highest BCUT2D eigenvalue weighted by molar-refractivity contribution is 6.37. The minimum atomic E-state index is -0.453. The summed E-state index contributed by atoms with van der Waals surface area (Å²) in [6, 6.07) is 2.67. The fraction of sp³-hybridized carbons (Fsp3) is 0.522. The number of carbonyl (C=O) groups excluding carboxylic acids is 1. The smallest absolute Gasteiger partial charge is 0.339 e. The van der Waals surface area contributed by atoms with Crippen molar-refractivity contribution < 1.29 is 13.9 Å². The first-order valence-corrected chi connectivity index (χ1v) is 12.3. The first-order valence-electron chi connectivity index (χ1n) is 11.9. The minimum Gasteiger partial charge on any atom is -0.489 e. The highest BCUT2D eigenvalue weighted by Gasteiger charge is 2.27. The van der Waals surface area contributed by atoms with Crippen LogP contribution in [0.25, 0.3) is 22.6 Å². The number of hydrogen-bond donors (Lipinski definition) is 2. The number of rotatable bonds is 6. The number of piperidine rings is 2. The van der Waals surface area contributed by atoms with Crippen molar-refractivity contribution in [1.82, 2.24) is 30.0 Å². The molecule has 34 heavy (non-hydrogen) atoms. The van der Waals surface area contributed by atoms with Crippen LogP contribution in [0.2, 0.25) is 0 Å². The molecule has 3 aromatic rings. The summed E-state index contributed by atoms with van der Waals surface area (Å²) in [5.74, 6) is 0.126. The van der Waals surface area contributed by atoms with Gasteiger partial charge in [0.05, 0.1) is 17.2 Å². The largest absolute Gasteiger partial charge is 0.489 e. The van der Waals surface area contributed by atoms with Gasteiger partial charge in [0.1, 0.15) is 18.0 Å². The summed E-state index contributed by atoms with van der Waals surface area (Å²) >= 11 is 6.41. The van der Waals surface area contributed by atoms with Crippen molar-refractivity contribution in [1.29, 1.82) is 0 Å². The van der Waals surface area contributed by atoms with Gasteiger partial charge in [0.2, 0.25) is 0 Å². The van der Waals surface area contributed by atoms with Crippen molar-refractivity contribution in [3.05, 3.63) is 24.1 Å². The summed E-state index contributed by atoms with van der Waals surface area (Å²) in [5.41, 5.74) is 1.90. The van der Waals surface area contributed by atoms with E-state index < -0.39 is 5.82 Å². The Morgan fingerprint density at radius 2 is 1.85 bits per heavy atom. The fourth-order valence-electron chi connectivity index (χ4n) is 4.62. The van der Waals surface area contributed by atoms with Crippen LogP contribution in [-0.4, -0.2) is 75.3 Å². The zero-order valence-electron chi connectivity index (χ0n) is 19.0. The van der Waals surface area contributed by atoms with Crippen molar-refractivity contribution >= 4 is 34.5 Å². The predicted octanol–water partition coefficient (Wildman–Crippen LogP) is 4.52. The number of nitrogens with zero attached hydrogens (tertiary/aromatic N) is 5. The number of carbonyl (C=O) groups is 1. The van der Waals surface area contributed by atoms with E-state index in [1.54, 1.807) is 11.0 Å². The summed E-state index contributed by atoms with van der Waals surface area (Å²) in [6.45, 7) is 4.69. The number of amides is 2. The molecule has 0 unspecified atom stereocenters. The molecule has 0 aliphatic carbocycles. The first-order chi connectivity index (χ1) is 16.6. The van der Waals surface area contributed by atoms with Gasteiger partial charge in [0, 0.05) is 43.5 Å². The fourth-order valence-corrected chi connectivity index (χ4v) is 4.86. The van der Waals surface area contributed by atoms with Crippen LogP contribution in [0.3, 0.4) is 0 Å². The molecule has 0 bridgehead atoms. The number of hydrogen-bond acceptors (Lipinski definition) is 5. The van der Waals surface area contributed by atoms with Crippen molar-refractivity contribution in [2.75, 3.05) is 43.7 Å². The van der Waals surface area contributed by atoms with Crippen LogP contribution in [0.4, 0.5) is 14.9 Å². The Labute approximate surface area is 202 Å². The third kappa shape index (κ3) is 4.83. The monoisotopic (exact) mass is 489 g/mol. The molecular formula is C23H29ClFN7O2.